The Morgan fingerprint density at radius 1 is 1.08 bits per heavy atom. The smallest absolute Gasteiger partial charge is 0.289 e. The summed E-state index contributed by atoms with van der Waals surface area (Å²) in [6.07, 6.45) is 5.79. The van der Waals surface area contributed by atoms with Gasteiger partial charge in [0.1, 0.15) is 11.6 Å². The van der Waals surface area contributed by atoms with Crippen LogP contribution in [0.15, 0.2) is 76.6 Å². The molecule has 1 aliphatic heterocycles. The van der Waals surface area contributed by atoms with Crippen LogP contribution in [-0.4, -0.2) is 18.2 Å². The van der Waals surface area contributed by atoms with Crippen molar-refractivity contribution in [3.8, 4) is 5.75 Å². The van der Waals surface area contributed by atoms with Crippen molar-refractivity contribution >= 4 is 34.6 Å². The zero-order valence-corrected chi connectivity index (χ0v) is 13.9. The molecule has 120 valence electrons. The Bertz CT molecular complexity index is 809. The van der Waals surface area contributed by atoms with E-state index in [9.17, 15) is 4.79 Å². The highest BCUT2D eigenvalue weighted by Gasteiger charge is 2.22. The fourth-order valence-corrected chi connectivity index (χ4v) is 2.81. The molecule has 1 amide bonds. The number of amides is 1. The third-order valence-corrected chi connectivity index (χ3v) is 4.14. The first-order valence-electron chi connectivity index (χ1n) is 7.40. The highest BCUT2D eigenvalue weighted by molar-refractivity contribution is 8.18. The molecule has 0 aromatic heterocycles. The van der Waals surface area contributed by atoms with Crippen molar-refractivity contribution in [2.45, 2.75) is 0 Å². The maximum absolute atomic E-state index is 11.7. The fourth-order valence-electron chi connectivity index (χ4n) is 2.12. The van der Waals surface area contributed by atoms with Gasteiger partial charge < -0.3 is 10.1 Å². The van der Waals surface area contributed by atoms with Gasteiger partial charge in [-0.2, -0.15) is 0 Å². The summed E-state index contributed by atoms with van der Waals surface area (Å²) in [7, 11) is 1.62. The van der Waals surface area contributed by atoms with Crippen molar-refractivity contribution in [2.75, 3.05) is 7.11 Å². The van der Waals surface area contributed by atoms with E-state index in [-0.39, 0.29) is 5.24 Å². The van der Waals surface area contributed by atoms with E-state index in [1.165, 1.54) is 0 Å². The molecule has 2 aromatic rings. The zero-order chi connectivity index (χ0) is 16.8. The third-order valence-electron chi connectivity index (χ3n) is 3.31. The summed E-state index contributed by atoms with van der Waals surface area (Å²) in [5.74, 6) is 1.33. The Kier molecular flexibility index (Phi) is 5.13. The number of hydrogen-bond acceptors (Lipinski definition) is 4. The number of aliphatic imine (C=N–C) groups is 1. The molecule has 2 aromatic carbocycles. The monoisotopic (exact) mass is 336 g/mol. The Hall–Kier alpha value is -2.79. The normalized spacial score (nSPS) is 17.6. The Labute approximate surface area is 145 Å². The van der Waals surface area contributed by atoms with E-state index in [0.717, 1.165) is 33.7 Å². The number of hydrogen-bond donors (Lipinski definition) is 1. The van der Waals surface area contributed by atoms with Crippen LogP contribution in [-0.2, 0) is 0 Å². The number of benzene rings is 2. The number of methoxy groups -OCH3 is 1. The first-order chi connectivity index (χ1) is 11.7. The highest BCUT2D eigenvalue weighted by Crippen LogP contribution is 2.27. The molecule has 0 spiro atoms. The first kappa shape index (κ1) is 16.1. The van der Waals surface area contributed by atoms with Gasteiger partial charge in [0.15, 0.2) is 0 Å². The van der Waals surface area contributed by atoms with Gasteiger partial charge >= 0.3 is 0 Å². The van der Waals surface area contributed by atoms with Crippen LogP contribution in [0.4, 0.5) is 10.5 Å². The van der Waals surface area contributed by atoms with Crippen molar-refractivity contribution < 1.29 is 9.53 Å². The second-order valence-corrected chi connectivity index (χ2v) is 5.99. The van der Waals surface area contributed by atoms with Crippen LogP contribution >= 0.6 is 11.8 Å². The first-order valence-corrected chi connectivity index (χ1v) is 8.21. The topological polar surface area (TPSA) is 50.7 Å². The van der Waals surface area contributed by atoms with E-state index >= 15 is 0 Å². The van der Waals surface area contributed by atoms with Gasteiger partial charge in [-0.3, -0.25) is 4.79 Å². The summed E-state index contributed by atoms with van der Waals surface area (Å²) in [4.78, 5) is 17.0. The van der Waals surface area contributed by atoms with Gasteiger partial charge in [-0.1, -0.05) is 42.5 Å². The zero-order valence-electron chi connectivity index (χ0n) is 13.1. The predicted molar refractivity (Wildman–Crippen MR) is 99.8 cm³/mol. The van der Waals surface area contributed by atoms with Crippen LogP contribution in [0, 0.1) is 0 Å². The summed E-state index contributed by atoms with van der Waals surface area (Å²) in [5.41, 5.74) is 1.86. The summed E-state index contributed by atoms with van der Waals surface area (Å²) in [6, 6.07) is 17.3. The minimum absolute atomic E-state index is 0.123. The van der Waals surface area contributed by atoms with Crippen LogP contribution in [0.1, 0.15) is 5.56 Å². The number of nitrogens with zero attached hydrogens (tertiary/aromatic N) is 1. The number of ether oxygens (including phenoxy) is 1. The average molecular weight is 336 g/mol. The fraction of sp³-hybridized carbons (Fsp3) is 0.0526. The lowest BCUT2D eigenvalue weighted by atomic mass is 10.2. The molecule has 1 saturated heterocycles. The van der Waals surface area contributed by atoms with Gasteiger partial charge in [-0.05, 0) is 47.7 Å². The molecule has 3 rings (SSSR count). The molecule has 24 heavy (non-hydrogen) atoms. The Morgan fingerprint density at radius 3 is 2.54 bits per heavy atom. The summed E-state index contributed by atoms with van der Waals surface area (Å²) in [6.45, 7) is 0. The maximum Gasteiger partial charge on any atom is 0.289 e. The van der Waals surface area contributed by atoms with Gasteiger partial charge in [0.2, 0.25) is 0 Å². The van der Waals surface area contributed by atoms with Gasteiger partial charge in [-0.15, -0.1) is 0 Å². The molecule has 0 atom stereocenters. The van der Waals surface area contributed by atoms with Crippen LogP contribution in [0.5, 0.6) is 5.75 Å². The van der Waals surface area contributed by atoms with Gasteiger partial charge in [0.05, 0.1) is 17.7 Å². The number of carbonyl (C=O) groups excluding carboxylic acids is 1. The maximum atomic E-state index is 11.7. The van der Waals surface area contributed by atoms with E-state index in [4.69, 9.17) is 4.74 Å². The largest absolute Gasteiger partial charge is 0.497 e. The van der Waals surface area contributed by atoms with E-state index < -0.39 is 0 Å². The molecule has 5 heteroatoms. The molecule has 0 saturated carbocycles. The van der Waals surface area contributed by atoms with E-state index in [0.29, 0.717) is 5.84 Å². The second-order valence-electron chi connectivity index (χ2n) is 4.97. The molecular weight excluding hydrogens is 320 g/mol. The number of carbonyl (C=O) groups is 1. The number of thioether (sulfide) groups is 1. The molecule has 1 N–H and O–H groups in total. The Balaban J connectivity index is 1.80. The lowest BCUT2D eigenvalue weighted by Crippen LogP contribution is -2.18. The van der Waals surface area contributed by atoms with E-state index in [1.807, 2.05) is 72.8 Å². The average Bonchev–Trinajstić information content (AvgIpc) is 2.96. The van der Waals surface area contributed by atoms with Gasteiger partial charge in [-0.25, -0.2) is 4.99 Å². The number of rotatable bonds is 4. The molecule has 0 bridgehead atoms. The van der Waals surface area contributed by atoms with Gasteiger partial charge in [0, 0.05) is 0 Å². The molecule has 0 unspecified atom stereocenters. The lowest BCUT2D eigenvalue weighted by Gasteiger charge is -2.01. The molecule has 4 nitrogen and oxygen atoms in total. The van der Waals surface area contributed by atoms with Crippen molar-refractivity contribution in [1.29, 1.82) is 0 Å². The van der Waals surface area contributed by atoms with E-state index in [1.54, 1.807) is 7.11 Å². The third kappa shape index (κ3) is 4.14. The summed E-state index contributed by atoms with van der Waals surface area (Å²) >= 11 is 1.14. The van der Waals surface area contributed by atoms with Crippen LogP contribution in [0.25, 0.3) is 6.08 Å². The molecule has 1 heterocycles. The standard InChI is InChI=1S/C19H16N2O2S/c1-23-16-12-10-15(11-13-16)20-18-17(24-19(22)21-18)9-5-8-14-6-3-2-4-7-14/h2-13H,1H3,(H,20,21,22)/b8-5+,17-9-. The number of allylic oxidation sites excluding steroid dienone is 2. The number of amidine groups is 1. The molecule has 0 aliphatic carbocycles. The van der Waals surface area contributed by atoms with Crippen LogP contribution < -0.4 is 10.1 Å². The van der Waals surface area contributed by atoms with Crippen LogP contribution in [0.3, 0.4) is 0 Å². The molecule has 1 aliphatic rings. The quantitative estimate of drug-likeness (QED) is 0.874. The Morgan fingerprint density at radius 2 is 1.83 bits per heavy atom. The summed E-state index contributed by atoms with van der Waals surface area (Å²) < 4.78 is 5.13. The van der Waals surface area contributed by atoms with Crippen molar-refractivity contribution in [3.63, 3.8) is 0 Å². The molecule has 1 fully saturated rings. The lowest BCUT2D eigenvalue weighted by molar-refractivity contribution is 0.265. The molecule has 0 radical (unpaired) electrons. The minimum Gasteiger partial charge on any atom is -0.497 e. The van der Waals surface area contributed by atoms with E-state index in [2.05, 4.69) is 10.3 Å². The second kappa shape index (κ2) is 7.66. The molecular formula is C19H16N2O2S. The van der Waals surface area contributed by atoms with Crippen molar-refractivity contribution in [1.82, 2.24) is 5.32 Å². The predicted octanol–water partition coefficient (Wildman–Crippen LogP) is 4.78. The number of nitrogens with one attached hydrogen (secondary N) is 1. The van der Waals surface area contributed by atoms with Crippen LogP contribution in [0.2, 0.25) is 0 Å². The van der Waals surface area contributed by atoms with Crippen molar-refractivity contribution in [3.05, 3.63) is 77.2 Å². The minimum atomic E-state index is -0.123. The highest BCUT2D eigenvalue weighted by atomic mass is 32.2. The van der Waals surface area contributed by atoms with Gasteiger partial charge in [0.25, 0.3) is 5.24 Å². The SMILES string of the molecule is COc1ccc(N=C2NC(=O)S/C2=C\C=C\c2ccccc2)cc1. The van der Waals surface area contributed by atoms with Crippen molar-refractivity contribution in [2.24, 2.45) is 4.99 Å². The summed E-state index contributed by atoms with van der Waals surface area (Å²) in [5, 5.41) is 2.65.